The zero-order valence-electron chi connectivity index (χ0n) is 13.1. The average Bonchev–Trinajstić information content (AvgIpc) is 2.78. The van der Waals surface area contributed by atoms with Gasteiger partial charge in [0, 0.05) is 6.42 Å². The van der Waals surface area contributed by atoms with E-state index in [-0.39, 0.29) is 24.7 Å². The lowest BCUT2D eigenvalue weighted by Gasteiger charge is -2.27. The number of nitrogens with zero attached hydrogens (tertiary/aromatic N) is 1. The number of rotatable bonds is 3. The highest BCUT2D eigenvalue weighted by Crippen LogP contribution is 2.30. The molecule has 6 heteroatoms. The second kappa shape index (κ2) is 5.61. The average molecular weight is 314 g/mol. The number of fused-ring (bicyclic) bond motifs is 1. The molecule has 120 valence electrons. The number of hydrogen-bond acceptors (Lipinski definition) is 4. The lowest BCUT2D eigenvalue weighted by Crippen LogP contribution is -2.54. The van der Waals surface area contributed by atoms with Gasteiger partial charge < -0.3 is 0 Å². The van der Waals surface area contributed by atoms with Crippen LogP contribution in [-0.4, -0.2) is 34.6 Å². The summed E-state index contributed by atoms with van der Waals surface area (Å²) in [7, 11) is 0. The van der Waals surface area contributed by atoms with Gasteiger partial charge in [-0.1, -0.05) is 19.9 Å². The molecule has 4 amide bonds. The number of piperidine rings is 1. The van der Waals surface area contributed by atoms with Gasteiger partial charge in [-0.3, -0.25) is 29.4 Å². The molecule has 1 aromatic rings. The molecular weight excluding hydrogens is 296 g/mol. The Bertz CT molecular complexity index is 725. The first kappa shape index (κ1) is 15.4. The van der Waals surface area contributed by atoms with E-state index in [1.807, 2.05) is 6.07 Å². The number of amides is 4. The van der Waals surface area contributed by atoms with Crippen LogP contribution in [0.5, 0.6) is 0 Å². The van der Waals surface area contributed by atoms with Gasteiger partial charge in [-0.05, 0) is 36.5 Å². The molecule has 1 fully saturated rings. The van der Waals surface area contributed by atoms with E-state index in [2.05, 4.69) is 19.2 Å². The maximum Gasteiger partial charge on any atom is 0.262 e. The summed E-state index contributed by atoms with van der Waals surface area (Å²) in [5, 5.41) is 2.19. The largest absolute Gasteiger partial charge is 0.295 e. The van der Waals surface area contributed by atoms with Crippen molar-refractivity contribution < 1.29 is 19.2 Å². The maximum absolute atomic E-state index is 12.6. The van der Waals surface area contributed by atoms with Crippen molar-refractivity contribution in [2.45, 2.75) is 45.1 Å². The van der Waals surface area contributed by atoms with E-state index < -0.39 is 23.8 Å². The fourth-order valence-corrected chi connectivity index (χ4v) is 3.03. The van der Waals surface area contributed by atoms with Crippen LogP contribution in [0.2, 0.25) is 0 Å². The third-order valence-electron chi connectivity index (χ3n) is 4.65. The van der Waals surface area contributed by atoms with Crippen molar-refractivity contribution in [3.63, 3.8) is 0 Å². The standard InChI is InChI=1S/C17H18N2O4/c1-3-9(2)10-4-5-11-12(8-10)17(23)19(16(11)22)13-6-7-14(20)18-15(13)21/h4-5,8-9,13H,3,6-7H2,1-2H3,(H,18,20,21)/t9?,13-/m1/s1. The predicted octanol–water partition coefficient (Wildman–Crippen LogP) is 1.60. The molecule has 1 N–H and O–H groups in total. The minimum Gasteiger partial charge on any atom is -0.295 e. The van der Waals surface area contributed by atoms with Gasteiger partial charge >= 0.3 is 0 Å². The van der Waals surface area contributed by atoms with Gasteiger partial charge in [0.1, 0.15) is 6.04 Å². The second-order valence-corrected chi connectivity index (χ2v) is 6.06. The van der Waals surface area contributed by atoms with Crippen LogP contribution >= 0.6 is 0 Å². The molecule has 2 aliphatic rings. The van der Waals surface area contributed by atoms with Gasteiger partial charge in [-0.15, -0.1) is 0 Å². The van der Waals surface area contributed by atoms with Crippen LogP contribution in [0.4, 0.5) is 0 Å². The Hall–Kier alpha value is -2.50. The molecule has 0 aromatic heterocycles. The topological polar surface area (TPSA) is 83.6 Å². The molecule has 3 rings (SSSR count). The fourth-order valence-electron chi connectivity index (χ4n) is 3.03. The predicted molar refractivity (Wildman–Crippen MR) is 81.8 cm³/mol. The molecular formula is C17H18N2O4. The van der Waals surface area contributed by atoms with Crippen molar-refractivity contribution in [1.29, 1.82) is 0 Å². The van der Waals surface area contributed by atoms with E-state index in [9.17, 15) is 19.2 Å². The maximum atomic E-state index is 12.6. The van der Waals surface area contributed by atoms with Gasteiger partial charge in [0.25, 0.3) is 11.8 Å². The summed E-state index contributed by atoms with van der Waals surface area (Å²) in [5.74, 6) is -1.59. The summed E-state index contributed by atoms with van der Waals surface area (Å²) in [6.45, 7) is 4.11. The molecule has 2 aliphatic heterocycles. The molecule has 6 nitrogen and oxygen atoms in total. The summed E-state index contributed by atoms with van der Waals surface area (Å²) in [6, 6.07) is 4.34. The highest BCUT2D eigenvalue weighted by Gasteiger charge is 2.44. The number of carbonyl (C=O) groups excluding carboxylic acids is 4. The SMILES string of the molecule is CCC(C)c1ccc2c(c1)C(=O)N([C@@H]1CCC(=O)NC1=O)C2=O. The summed E-state index contributed by atoms with van der Waals surface area (Å²) >= 11 is 0. The lowest BCUT2D eigenvalue weighted by atomic mass is 9.95. The number of benzene rings is 1. The third-order valence-corrected chi connectivity index (χ3v) is 4.65. The van der Waals surface area contributed by atoms with Gasteiger partial charge in [0.05, 0.1) is 11.1 Å². The van der Waals surface area contributed by atoms with E-state index in [0.717, 1.165) is 16.9 Å². The molecule has 2 atom stereocenters. The number of hydrogen-bond donors (Lipinski definition) is 1. The molecule has 1 unspecified atom stereocenters. The third kappa shape index (κ3) is 2.44. The molecule has 0 spiro atoms. The molecule has 2 heterocycles. The second-order valence-electron chi connectivity index (χ2n) is 6.06. The molecule has 0 aliphatic carbocycles. The van der Waals surface area contributed by atoms with Crippen LogP contribution in [-0.2, 0) is 9.59 Å². The van der Waals surface area contributed by atoms with Crippen LogP contribution < -0.4 is 5.32 Å². The van der Waals surface area contributed by atoms with E-state index >= 15 is 0 Å². The van der Waals surface area contributed by atoms with E-state index in [1.165, 1.54) is 0 Å². The van der Waals surface area contributed by atoms with Crippen molar-refractivity contribution in [3.05, 3.63) is 34.9 Å². The van der Waals surface area contributed by atoms with Crippen molar-refractivity contribution in [1.82, 2.24) is 10.2 Å². The minimum absolute atomic E-state index is 0.127. The zero-order valence-corrected chi connectivity index (χ0v) is 13.1. The van der Waals surface area contributed by atoms with Gasteiger partial charge in [0.15, 0.2) is 0 Å². The Morgan fingerprint density at radius 2 is 1.87 bits per heavy atom. The van der Waals surface area contributed by atoms with Crippen molar-refractivity contribution in [2.75, 3.05) is 0 Å². The van der Waals surface area contributed by atoms with Crippen molar-refractivity contribution >= 4 is 23.6 Å². The first-order valence-corrected chi connectivity index (χ1v) is 7.79. The highest BCUT2D eigenvalue weighted by atomic mass is 16.2. The van der Waals surface area contributed by atoms with Gasteiger partial charge in [-0.25, -0.2) is 0 Å². The molecule has 1 aromatic carbocycles. The van der Waals surface area contributed by atoms with Crippen LogP contribution in [0.1, 0.15) is 65.3 Å². The normalized spacial score (nSPS) is 22.2. The highest BCUT2D eigenvalue weighted by molar-refractivity contribution is 6.23. The minimum atomic E-state index is -0.910. The quantitative estimate of drug-likeness (QED) is 0.859. The number of imide groups is 2. The fraction of sp³-hybridized carbons (Fsp3) is 0.412. The Balaban J connectivity index is 1.94. The van der Waals surface area contributed by atoms with Gasteiger partial charge in [-0.2, -0.15) is 0 Å². The Morgan fingerprint density at radius 3 is 2.52 bits per heavy atom. The smallest absolute Gasteiger partial charge is 0.262 e. The van der Waals surface area contributed by atoms with Gasteiger partial charge in [0.2, 0.25) is 11.8 Å². The van der Waals surface area contributed by atoms with Crippen LogP contribution in [0.25, 0.3) is 0 Å². The number of nitrogens with one attached hydrogen (secondary N) is 1. The Labute approximate surface area is 133 Å². The van der Waals surface area contributed by atoms with Crippen LogP contribution in [0.3, 0.4) is 0 Å². The Morgan fingerprint density at radius 1 is 1.17 bits per heavy atom. The lowest BCUT2D eigenvalue weighted by molar-refractivity contribution is -0.136. The summed E-state index contributed by atoms with van der Waals surface area (Å²) in [5.41, 5.74) is 1.67. The van der Waals surface area contributed by atoms with E-state index in [0.29, 0.717) is 11.1 Å². The van der Waals surface area contributed by atoms with E-state index in [4.69, 9.17) is 0 Å². The zero-order chi connectivity index (χ0) is 16.7. The Kier molecular flexibility index (Phi) is 3.75. The van der Waals surface area contributed by atoms with Crippen LogP contribution in [0, 0.1) is 0 Å². The molecule has 0 saturated carbocycles. The molecule has 23 heavy (non-hydrogen) atoms. The molecule has 0 radical (unpaired) electrons. The van der Waals surface area contributed by atoms with E-state index in [1.54, 1.807) is 12.1 Å². The van der Waals surface area contributed by atoms with Crippen molar-refractivity contribution in [3.8, 4) is 0 Å². The summed E-state index contributed by atoms with van der Waals surface area (Å²) in [4.78, 5) is 49.4. The molecule has 0 bridgehead atoms. The summed E-state index contributed by atoms with van der Waals surface area (Å²) < 4.78 is 0. The summed E-state index contributed by atoms with van der Waals surface area (Å²) in [6.07, 6.45) is 1.23. The first-order valence-electron chi connectivity index (χ1n) is 7.79. The molecule has 1 saturated heterocycles. The van der Waals surface area contributed by atoms with Crippen LogP contribution in [0.15, 0.2) is 18.2 Å². The first-order chi connectivity index (χ1) is 10.9. The monoisotopic (exact) mass is 314 g/mol. The van der Waals surface area contributed by atoms with Crippen molar-refractivity contribution in [2.24, 2.45) is 0 Å². The number of carbonyl (C=O) groups is 4.